The molecule has 2 atom stereocenters. The lowest BCUT2D eigenvalue weighted by atomic mass is 10.0. The Bertz CT molecular complexity index is 317. The Hall–Kier alpha value is -1.10. The van der Waals surface area contributed by atoms with Crippen LogP contribution in [-0.2, 0) is 9.59 Å². The van der Waals surface area contributed by atoms with Crippen LogP contribution in [0.5, 0.6) is 0 Å². The molecule has 2 amide bonds. The van der Waals surface area contributed by atoms with E-state index in [4.69, 9.17) is 0 Å². The van der Waals surface area contributed by atoms with Gasteiger partial charge >= 0.3 is 0 Å². The molecular weight excluding hydrogens is 268 g/mol. The lowest BCUT2D eigenvalue weighted by Crippen LogP contribution is -2.53. The van der Waals surface area contributed by atoms with E-state index >= 15 is 0 Å². The van der Waals surface area contributed by atoms with Gasteiger partial charge in [-0.1, -0.05) is 47.5 Å². The third-order valence-electron chi connectivity index (χ3n) is 3.60. The lowest BCUT2D eigenvalue weighted by molar-refractivity contribution is -0.131. The van der Waals surface area contributed by atoms with Gasteiger partial charge in [-0.25, -0.2) is 0 Å². The molecule has 5 nitrogen and oxygen atoms in total. The fraction of sp³-hybridized carbons (Fsp3) is 0.875. The molecule has 0 aromatic carbocycles. The molecule has 0 aromatic heterocycles. The molecule has 0 fully saturated rings. The van der Waals surface area contributed by atoms with Gasteiger partial charge in [-0.3, -0.25) is 9.59 Å². The molecule has 0 aliphatic heterocycles. The molecule has 0 bridgehead atoms. The number of aliphatic hydroxyl groups excluding tert-OH is 1. The Balaban J connectivity index is 4.53. The zero-order chi connectivity index (χ0) is 16.4. The molecule has 0 radical (unpaired) electrons. The number of amides is 2. The van der Waals surface area contributed by atoms with Crippen molar-refractivity contribution in [2.24, 2.45) is 11.8 Å². The number of rotatable bonds is 10. The van der Waals surface area contributed by atoms with Crippen molar-refractivity contribution in [1.29, 1.82) is 0 Å². The van der Waals surface area contributed by atoms with E-state index in [1.807, 2.05) is 27.7 Å². The maximum atomic E-state index is 12.3. The van der Waals surface area contributed by atoms with Crippen molar-refractivity contribution in [3.05, 3.63) is 0 Å². The topological polar surface area (TPSA) is 78.4 Å². The van der Waals surface area contributed by atoms with Crippen LogP contribution in [0.25, 0.3) is 0 Å². The fourth-order valence-electron chi connectivity index (χ4n) is 2.01. The Kier molecular flexibility index (Phi) is 10.0. The highest BCUT2D eigenvalue weighted by molar-refractivity contribution is 5.88. The van der Waals surface area contributed by atoms with E-state index in [2.05, 4.69) is 17.6 Å². The van der Waals surface area contributed by atoms with Crippen molar-refractivity contribution in [2.45, 2.75) is 72.4 Å². The fourth-order valence-corrected chi connectivity index (χ4v) is 2.01. The molecule has 3 N–H and O–H groups in total. The molecule has 0 saturated carbocycles. The van der Waals surface area contributed by atoms with Gasteiger partial charge in [-0.2, -0.15) is 0 Å². The Morgan fingerprint density at radius 2 is 1.62 bits per heavy atom. The van der Waals surface area contributed by atoms with Gasteiger partial charge in [0.05, 0.1) is 12.6 Å². The van der Waals surface area contributed by atoms with E-state index in [1.54, 1.807) is 0 Å². The van der Waals surface area contributed by atoms with Gasteiger partial charge in [0.15, 0.2) is 0 Å². The average molecular weight is 300 g/mol. The van der Waals surface area contributed by atoms with Crippen molar-refractivity contribution in [2.75, 3.05) is 6.61 Å². The van der Waals surface area contributed by atoms with Crippen LogP contribution >= 0.6 is 0 Å². The number of nitrogens with one attached hydrogen (secondary N) is 2. The van der Waals surface area contributed by atoms with Gasteiger partial charge in [-0.15, -0.1) is 0 Å². The first kappa shape index (κ1) is 19.9. The summed E-state index contributed by atoms with van der Waals surface area (Å²) in [6, 6.07) is -0.831. The minimum absolute atomic E-state index is 0.00614. The molecule has 0 saturated heterocycles. The second-order valence-corrected chi connectivity index (χ2v) is 6.29. The smallest absolute Gasteiger partial charge is 0.243 e. The highest BCUT2D eigenvalue weighted by atomic mass is 16.3. The monoisotopic (exact) mass is 300 g/mol. The van der Waals surface area contributed by atoms with E-state index in [-0.39, 0.29) is 36.3 Å². The second kappa shape index (κ2) is 10.6. The van der Waals surface area contributed by atoms with Crippen molar-refractivity contribution in [3.8, 4) is 0 Å². The number of hydrogen-bond donors (Lipinski definition) is 3. The summed E-state index contributed by atoms with van der Waals surface area (Å²) in [6.45, 7) is 9.67. The Morgan fingerprint density at radius 3 is 2.05 bits per heavy atom. The van der Waals surface area contributed by atoms with Gasteiger partial charge in [0.25, 0.3) is 0 Å². The number of carbonyl (C=O) groups is 2. The van der Waals surface area contributed by atoms with Crippen LogP contribution in [0, 0.1) is 11.8 Å². The average Bonchev–Trinajstić information content (AvgIpc) is 2.41. The number of aliphatic hydroxyl groups is 1. The first-order valence-electron chi connectivity index (χ1n) is 8.04. The van der Waals surface area contributed by atoms with Gasteiger partial charge in [0.2, 0.25) is 11.8 Å². The number of hydrogen-bond acceptors (Lipinski definition) is 3. The Labute approximate surface area is 128 Å². The first-order chi connectivity index (χ1) is 9.83. The van der Waals surface area contributed by atoms with Crippen LogP contribution in [0.3, 0.4) is 0 Å². The van der Waals surface area contributed by atoms with Crippen LogP contribution in [0.2, 0.25) is 0 Å². The molecule has 5 heteroatoms. The summed E-state index contributed by atoms with van der Waals surface area (Å²) in [5.41, 5.74) is 0. The van der Waals surface area contributed by atoms with Gasteiger partial charge in [0.1, 0.15) is 6.04 Å². The van der Waals surface area contributed by atoms with E-state index in [0.29, 0.717) is 6.42 Å². The molecule has 21 heavy (non-hydrogen) atoms. The highest BCUT2D eigenvalue weighted by Crippen LogP contribution is 2.07. The van der Waals surface area contributed by atoms with Crippen LogP contribution in [0.1, 0.15) is 60.3 Å². The molecule has 0 unspecified atom stereocenters. The maximum Gasteiger partial charge on any atom is 0.243 e. The van der Waals surface area contributed by atoms with Crippen LogP contribution in [0.4, 0.5) is 0 Å². The highest BCUT2D eigenvalue weighted by Gasteiger charge is 2.26. The van der Waals surface area contributed by atoms with Crippen LogP contribution < -0.4 is 10.6 Å². The lowest BCUT2D eigenvalue weighted by Gasteiger charge is -2.26. The quantitative estimate of drug-likeness (QED) is 0.539. The summed E-state index contributed by atoms with van der Waals surface area (Å²) in [5, 5.41) is 14.9. The molecule has 0 spiro atoms. The summed E-state index contributed by atoms with van der Waals surface area (Å²) in [6.07, 6.45) is 3.39. The van der Waals surface area contributed by atoms with Crippen LogP contribution in [0.15, 0.2) is 0 Å². The van der Waals surface area contributed by atoms with E-state index in [9.17, 15) is 14.7 Å². The Morgan fingerprint density at radius 1 is 1.00 bits per heavy atom. The van der Waals surface area contributed by atoms with Gasteiger partial charge in [-0.05, 0) is 18.3 Å². The molecular formula is C16H32N2O3. The minimum Gasteiger partial charge on any atom is -0.394 e. The van der Waals surface area contributed by atoms with Gasteiger partial charge in [0, 0.05) is 6.42 Å². The van der Waals surface area contributed by atoms with Gasteiger partial charge < -0.3 is 15.7 Å². The number of carbonyl (C=O) groups excluding carboxylic acids is 2. The van der Waals surface area contributed by atoms with Crippen molar-refractivity contribution in [1.82, 2.24) is 10.6 Å². The molecule has 0 aliphatic rings. The molecule has 0 aliphatic carbocycles. The standard InChI is InChI=1S/C16H32N2O3/c1-6-7-8-9-14(20)18-15(12(4)5)16(21)17-13(10-19)11(2)3/h11-13,15,19H,6-10H2,1-5H3,(H,17,21)(H,18,20)/t13-,15+/m1/s1. The zero-order valence-electron chi connectivity index (χ0n) is 14.1. The molecule has 124 valence electrons. The zero-order valence-corrected chi connectivity index (χ0v) is 14.1. The first-order valence-corrected chi connectivity index (χ1v) is 8.04. The summed E-state index contributed by atoms with van der Waals surface area (Å²) >= 11 is 0. The third-order valence-corrected chi connectivity index (χ3v) is 3.60. The maximum absolute atomic E-state index is 12.3. The minimum atomic E-state index is -0.549. The molecule has 0 heterocycles. The van der Waals surface area contributed by atoms with Crippen molar-refractivity contribution < 1.29 is 14.7 Å². The van der Waals surface area contributed by atoms with Crippen LogP contribution in [-0.4, -0.2) is 35.6 Å². The second-order valence-electron chi connectivity index (χ2n) is 6.29. The van der Waals surface area contributed by atoms with E-state index < -0.39 is 6.04 Å². The summed E-state index contributed by atoms with van der Waals surface area (Å²) in [7, 11) is 0. The predicted molar refractivity (Wildman–Crippen MR) is 84.8 cm³/mol. The van der Waals surface area contributed by atoms with Crippen molar-refractivity contribution in [3.63, 3.8) is 0 Å². The number of unbranched alkanes of at least 4 members (excludes halogenated alkanes) is 2. The third kappa shape index (κ3) is 8.05. The van der Waals surface area contributed by atoms with E-state index in [1.165, 1.54) is 0 Å². The van der Waals surface area contributed by atoms with E-state index in [0.717, 1.165) is 19.3 Å². The largest absolute Gasteiger partial charge is 0.394 e. The summed E-state index contributed by atoms with van der Waals surface area (Å²) in [4.78, 5) is 24.2. The molecule has 0 rings (SSSR count). The van der Waals surface area contributed by atoms with Crippen molar-refractivity contribution >= 4 is 11.8 Å². The predicted octanol–water partition coefficient (Wildman–Crippen LogP) is 1.84. The molecule has 0 aromatic rings. The summed E-state index contributed by atoms with van der Waals surface area (Å²) < 4.78 is 0. The SMILES string of the molecule is CCCCCC(=O)N[C@H](C(=O)N[C@H](CO)C(C)C)C(C)C. The normalized spacial score (nSPS) is 14.1. The summed E-state index contributed by atoms with van der Waals surface area (Å²) in [5.74, 6) is -0.150.